The number of unbranched alkanes of at least 4 members (excludes halogenated alkanes) is 1. The normalized spacial score (nSPS) is 11.8. The molecular formula is C21H20F3N. The van der Waals surface area contributed by atoms with Crippen LogP contribution in [0.3, 0.4) is 0 Å². The fourth-order valence-corrected chi connectivity index (χ4v) is 2.51. The van der Waals surface area contributed by atoms with Gasteiger partial charge in [-0.2, -0.15) is 5.26 Å². The first kappa shape index (κ1) is 18.8. The Hall–Kier alpha value is -2.54. The van der Waals surface area contributed by atoms with Gasteiger partial charge in [-0.15, -0.1) is 0 Å². The van der Waals surface area contributed by atoms with Crippen molar-refractivity contribution in [3.05, 3.63) is 76.4 Å². The number of rotatable bonds is 7. The van der Waals surface area contributed by atoms with Gasteiger partial charge >= 0.3 is 0 Å². The number of nitriles is 1. The van der Waals surface area contributed by atoms with E-state index in [1.54, 1.807) is 36.4 Å². The lowest BCUT2D eigenvalue weighted by Gasteiger charge is -2.06. The summed E-state index contributed by atoms with van der Waals surface area (Å²) < 4.78 is 41.5. The van der Waals surface area contributed by atoms with Crippen LogP contribution in [0.4, 0.5) is 13.2 Å². The highest BCUT2D eigenvalue weighted by Crippen LogP contribution is 2.25. The molecule has 0 heterocycles. The molecule has 0 spiro atoms. The van der Waals surface area contributed by atoms with Crippen LogP contribution in [0.5, 0.6) is 0 Å². The second-order valence-corrected chi connectivity index (χ2v) is 5.94. The molecule has 1 nitrogen and oxygen atoms in total. The predicted octanol–water partition coefficient (Wildman–Crippen LogP) is 6.28. The predicted molar refractivity (Wildman–Crippen MR) is 93.6 cm³/mol. The van der Waals surface area contributed by atoms with E-state index in [-0.39, 0.29) is 17.5 Å². The Kier molecular flexibility index (Phi) is 6.82. The Morgan fingerprint density at radius 1 is 1.04 bits per heavy atom. The zero-order chi connectivity index (χ0) is 18.2. The molecule has 0 saturated heterocycles. The smallest absolute Gasteiger partial charge is 0.161 e. The van der Waals surface area contributed by atoms with Crippen molar-refractivity contribution >= 4 is 5.83 Å². The fraction of sp³-hybridized carbons (Fsp3) is 0.286. The minimum Gasteiger partial charge on any atom is -0.209 e. The van der Waals surface area contributed by atoms with Gasteiger partial charge in [0.15, 0.2) is 5.83 Å². The number of hydrogen-bond acceptors (Lipinski definition) is 1. The first-order valence-corrected chi connectivity index (χ1v) is 8.37. The lowest BCUT2D eigenvalue weighted by atomic mass is 10.0. The summed E-state index contributed by atoms with van der Waals surface area (Å²) in [5, 5.41) is 8.74. The number of hydrogen-bond donors (Lipinski definition) is 0. The third-order valence-corrected chi connectivity index (χ3v) is 4.06. The maximum Gasteiger partial charge on any atom is 0.161 e. The SMILES string of the molecule is CCCC/C(F)=C(/F)c1ccc(CCc2ccc(C#N)cc2F)cc1. The maximum absolute atomic E-state index is 14.0. The van der Waals surface area contributed by atoms with Gasteiger partial charge in [0.25, 0.3) is 0 Å². The Bertz CT molecular complexity index is 786. The molecule has 25 heavy (non-hydrogen) atoms. The van der Waals surface area contributed by atoms with E-state index in [0.717, 1.165) is 12.0 Å². The van der Waals surface area contributed by atoms with Gasteiger partial charge in [0.2, 0.25) is 0 Å². The number of nitrogens with zero attached hydrogens (tertiary/aromatic N) is 1. The standard InChI is InChI=1S/C21H20F3N/c1-2-3-4-19(22)21(24)18-11-6-15(7-12-18)5-9-17-10-8-16(14-25)13-20(17)23/h6-8,10-13H,2-5,9H2,1H3/b21-19-. The Morgan fingerprint density at radius 2 is 1.76 bits per heavy atom. The number of allylic oxidation sites excluding steroid dienone is 1. The molecule has 0 bridgehead atoms. The molecule has 0 unspecified atom stereocenters. The summed E-state index contributed by atoms with van der Waals surface area (Å²) in [5.41, 5.74) is 1.95. The monoisotopic (exact) mass is 343 g/mol. The van der Waals surface area contributed by atoms with E-state index in [1.807, 2.05) is 13.0 Å². The molecule has 0 radical (unpaired) electrons. The summed E-state index contributed by atoms with van der Waals surface area (Å²) in [6.07, 6.45) is 2.59. The Balaban J connectivity index is 2.02. The van der Waals surface area contributed by atoms with Crippen LogP contribution < -0.4 is 0 Å². The van der Waals surface area contributed by atoms with Gasteiger partial charge < -0.3 is 0 Å². The minimum absolute atomic E-state index is 0.113. The number of aryl methyl sites for hydroxylation is 2. The Morgan fingerprint density at radius 3 is 2.36 bits per heavy atom. The van der Waals surface area contributed by atoms with Crippen molar-refractivity contribution in [3.8, 4) is 6.07 Å². The quantitative estimate of drug-likeness (QED) is 0.580. The van der Waals surface area contributed by atoms with Crippen molar-refractivity contribution in [2.24, 2.45) is 0 Å². The van der Waals surface area contributed by atoms with Gasteiger partial charge in [-0.25, -0.2) is 13.2 Å². The zero-order valence-corrected chi connectivity index (χ0v) is 14.2. The molecule has 130 valence electrons. The molecule has 0 aromatic heterocycles. The maximum atomic E-state index is 14.0. The summed E-state index contributed by atoms with van der Waals surface area (Å²) in [6, 6.07) is 12.9. The van der Waals surface area contributed by atoms with Crippen molar-refractivity contribution in [1.29, 1.82) is 5.26 Å². The summed E-state index contributed by atoms with van der Waals surface area (Å²) >= 11 is 0. The van der Waals surface area contributed by atoms with E-state index in [2.05, 4.69) is 0 Å². The molecule has 0 N–H and O–H groups in total. The lowest BCUT2D eigenvalue weighted by Crippen LogP contribution is -1.96. The Labute approximate surface area is 146 Å². The molecule has 2 aromatic rings. The first-order chi connectivity index (χ1) is 12.0. The zero-order valence-electron chi connectivity index (χ0n) is 14.2. The van der Waals surface area contributed by atoms with Gasteiger partial charge in [-0.1, -0.05) is 43.7 Å². The highest BCUT2D eigenvalue weighted by molar-refractivity contribution is 5.61. The van der Waals surface area contributed by atoms with Crippen LogP contribution >= 0.6 is 0 Å². The molecule has 0 amide bonds. The van der Waals surface area contributed by atoms with Crippen molar-refractivity contribution in [2.45, 2.75) is 39.0 Å². The van der Waals surface area contributed by atoms with E-state index < -0.39 is 17.5 Å². The highest BCUT2D eigenvalue weighted by Gasteiger charge is 2.09. The third-order valence-electron chi connectivity index (χ3n) is 4.06. The molecular weight excluding hydrogens is 323 g/mol. The highest BCUT2D eigenvalue weighted by atomic mass is 19.2. The second-order valence-electron chi connectivity index (χ2n) is 5.94. The van der Waals surface area contributed by atoms with E-state index in [0.29, 0.717) is 24.8 Å². The van der Waals surface area contributed by atoms with E-state index in [1.165, 1.54) is 6.07 Å². The molecule has 0 aliphatic carbocycles. The van der Waals surface area contributed by atoms with Gasteiger partial charge in [0.05, 0.1) is 11.6 Å². The average Bonchev–Trinajstić information content (AvgIpc) is 2.64. The molecule has 0 fully saturated rings. The first-order valence-electron chi connectivity index (χ1n) is 8.37. The van der Waals surface area contributed by atoms with Crippen LogP contribution in [-0.2, 0) is 12.8 Å². The summed E-state index contributed by atoms with van der Waals surface area (Å²) in [5.74, 6) is -1.92. The van der Waals surface area contributed by atoms with Crippen LogP contribution in [0.15, 0.2) is 48.3 Å². The summed E-state index contributed by atoms with van der Waals surface area (Å²) in [6.45, 7) is 1.93. The van der Waals surface area contributed by atoms with Crippen molar-refractivity contribution in [2.75, 3.05) is 0 Å². The van der Waals surface area contributed by atoms with Gasteiger partial charge in [-0.05, 0) is 42.5 Å². The molecule has 0 atom stereocenters. The van der Waals surface area contributed by atoms with Gasteiger partial charge in [0.1, 0.15) is 11.6 Å². The summed E-state index contributed by atoms with van der Waals surface area (Å²) in [4.78, 5) is 0. The molecule has 0 aliphatic heterocycles. The molecule has 2 rings (SSSR count). The van der Waals surface area contributed by atoms with Gasteiger partial charge in [-0.3, -0.25) is 0 Å². The van der Waals surface area contributed by atoms with Crippen LogP contribution in [0.1, 0.15) is 48.4 Å². The van der Waals surface area contributed by atoms with Crippen LogP contribution in [0, 0.1) is 17.1 Å². The number of halogens is 3. The average molecular weight is 343 g/mol. The molecule has 4 heteroatoms. The molecule has 0 saturated carbocycles. The second kappa shape index (κ2) is 9.08. The van der Waals surface area contributed by atoms with Crippen molar-refractivity contribution in [1.82, 2.24) is 0 Å². The molecule has 0 aliphatic rings. The lowest BCUT2D eigenvalue weighted by molar-refractivity contribution is 0.548. The van der Waals surface area contributed by atoms with E-state index in [4.69, 9.17) is 5.26 Å². The minimum atomic E-state index is -0.807. The number of benzene rings is 2. The fourth-order valence-electron chi connectivity index (χ4n) is 2.51. The van der Waals surface area contributed by atoms with Crippen LogP contribution in [-0.4, -0.2) is 0 Å². The van der Waals surface area contributed by atoms with Crippen LogP contribution in [0.25, 0.3) is 5.83 Å². The van der Waals surface area contributed by atoms with Crippen LogP contribution in [0.2, 0.25) is 0 Å². The molecule has 2 aromatic carbocycles. The van der Waals surface area contributed by atoms with E-state index in [9.17, 15) is 13.2 Å². The summed E-state index contributed by atoms with van der Waals surface area (Å²) in [7, 11) is 0. The largest absolute Gasteiger partial charge is 0.209 e. The van der Waals surface area contributed by atoms with Gasteiger partial charge in [0, 0.05) is 12.0 Å². The topological polar surface area (TPSA) is 23.8 Å². The van der Waals surface area contributed by atoms with Crippen molar-refractivity contribution in [3.63, 3.8) is 0 Å². The van der Waals surface area contributed by atoms with Crippen molar-refractivity contribution < 1.29 is 13.2 Å². The third kappa shape index (κ3) is 5.22. The van der Waals surface area contributed by atoms with E-state index >= 15 is 0 Å².